The summed E-state index contributed by atoms with van der Waals surface area (Å²) in [5.74, 6) is 0.520. The lowest BCUT2D eigenvalue weighted by molar-refractivity contribution is -0.0250. The van der Waals surface area contributed by atoms with Crippen molar-refractivity contribution in [2.75, 3.05) is 13.2 Å². The number of halogens is 1. The maximum absolute atomic E-state index is 5.90. The first-order chi connectivity index (χ1) is 8.66. The molecule has 19 heavy (non-hydrogen) atoms. The normalized spacial score (nSPS) is 22.4. The Morgan fingerprint density at radius 3 is 2.63 bits per heavy atom. The Kier molecular flexibility index (Phi) is 6.57. The minimum absolute atomic E-state index is 0. The summed E-state index contributed by atoms with van der Waals surface area (Å²) in [7, 11) is 0. The third-order valence-electron chi connectivity index (χ3n) is 3.36. The summed E-state index contributed by atoms with van der Waals surface area (Å²) in [6, 6.07) is 8.50. The second kappa shape index (κ2) is 7.69. The molecule has 0 radical (unpaired) electrons. The van der Waals surface area contributed by atoms with Crippen molar-refractivity contribution in [2.24, 2.45) is 22.4 Å². The van der Waals surface area contributed by atoms with Gasteiger partial charge in [-0.25, -0.2) is 0 Å². The SMILES string of the molecule is Cc1ccc(C2OCCCC2CN=C(N)N)cc1.I. The number of nitrogens with zero attached hydrogens (tertiary/aromatic N) is 1. The number of aliphatic imine (C=N–C) groups is 1. The van der Waals surface area contributed by atoms with Gasteiger partial charge in [-0.3, -0.25) is 4.99 Å². The summed E-state index contributed by atoms with van der Waals surface area (Å²) in [6.07, 6.45) is 2.30. The van der Waals surface area contributed by atoms with E-state index in [1.54, 1.807) is 0 Å². The molecule has 2 rings (SSSR count). The van der Waals surface area contributed by atoms with E-state index in [1.165, 1.54) is 11.1 Å². The average Bonchev–Trinajstić information content (AvgIpc) is 2.38. The van der Waals surface area contributed by atoms with Crippen LogP contribution in [0.2, 0.25) is 0 Å². The van der Waals surface area contributed by atoms with E-state index in [2.05, 4.69) is 36.2 Å². The predicted octanol–water partition coefficient (Wildman–Crippen LogP) is 2.35. The van der Waals surface area contributed by atoms with E-state index in [-0.39, 0.29) is 36.0 Å². The second-order valence-electron chi connectivity index (χ2n) is 4.87. The fourth-order valence-corrected chi connectivity index (χ4v) is 2.38. The van der Waals surface area contributed by atoms with Gasteiger partial charge in [-0.2, -0.15) is 0 Å². The molecule has 1 aliphatic rings. The summed E-state index contributed by atoms with van der Waals surface area (Å²) in [6.45, 7) is 3.54. The van der Waals surface area contributed by atoms with Crippen LogP contribution in [0.4, 0.5) is 0 Å². The largest absolute Gasteiger partial charge is 0.373 e. The van der Waals surface area contributed by atoms with Crippen LogP contribution in [-0.2, 0) is 4.74 Å². The Morgan fingerprint density at radius 2 is 2.00 bits per heavy atom. The quantitative estimate of drug-likeness (QED) is 0.484. The number of rotatable bonds is 3. The van der Waals surface area contributed by atoms with Gasteiger partial charge in [0, 0.05) is 19.1 Å². The minimum atomic E-state index is 0. The molecule has 1 aliphatic heterocycles. The zero-order valence-corrected chi connectivity index (χ0v) is 13.5. The Labute approximate surface area is 131 Å². The van der Waals surface area contributed by atoms with Crippen LogP contribution in [0.1, 0.15) is 30.1 Å². The van der Waals surface area contributed by atoms with Crippen molar-refractivity contribution in [2.45, 2.75) is 25.9 Å². The number of ether oxygens (including phenoxy) is 1. The number of hydrogen-bond acceptors (Lipinski definition) is 2. The van der Waals surface area contributed by atoms with Crippen molar-refractivity contribution < 1.29 is 4.74 Å². The van der Waals surface area contributed by atoms with Crippen LogP contribution in [0, 0.1) is 12.8 Å². The summed E-state index contributed by atoms with van der Waals surface area (Å²) < 4.78 is 5.90. The molecular formula is C14H22IN3O. The lowest BCUT2D eigenvalue weighted by atomic mass is 9.89. The molecule has 1 fully saturated rings. The topological polar surface area (TPSA) is 73.6 Å². The lowest BCUT2D eigenvalue weighted by Crippen LogP contribution is -2.28. The van der Waals surface area contributed by atoms with Crippen LogP contribution in [0.15, 0.2) is 29.3 Å². The Balaban J connectivity index is 0.00000180. The Morgan fingerprint density at radius 1 is 1.32 bits per heavy atom. The molecule has 2 atom stereocenters. The van der Waals surface area contributed by atoms with Crippen LogP contribution in [0.5, 0.6) is 0 Å². The van der Waals surface area contributed by atoms with E-state index in [9.17, 15) is 0 Å². The molecule has 4 N–H and O–H groups in total. The van der Waals surface area contributed by atoms with Gasteiger partial charge in [0.1, 0.15) is 0 Å². The van der Waals surface area contributed by atoms with Gasteiger partial charge < -0.3 is 16.2 Å². The van der Waals surface area contributed by atoms with Crippen molar-refractivity contribution in [3.05, 3.63) is 35.4 Å². The van der Waals surface area contributed by atoms with Gasteiger partial charge in [-0.15, -0.1) is 24.0 Å². The van der Waals surface area contributed by atoms with Gasteiger partial charge in [0.05, 0.1) is 6.10 Å². The lowest BCUT2D eigenvalue weighted by Gasteiger charge is -2.31. The van der Waals surface area contributed by atoms with E-state index in [1.807, 2.05) is 0 Å². The molecular weight excluding hydrogens is 353 g/mol. The van der Waals surface area contributed by atoms with Crippen LogP contribution in [0.25, 0.3) is 0 Å². The highest BCUT2D eigenvalue weighted by Gasteiger charge is 2.27. The van der Waals surface area contributed by atoms with Crippen LogP contribution in [-0.4, -0.2) is 19.1 Å². The van der Waals surface area contributed by atoms with Crippen molar-refractivity contribution in [3.63, 3.8) is 0 Å². The second-order valence-corrected chi connectivity index (χ2v) is 4.87. The number of benzene rings is 1. The highest BCUT2D eigenvalue weighted by atomic mass is 127. The molecule has 4 nitrogen and oxygen atoms in total. The average molecular weight is 375 g/mol. The van der Waals surface area contributed by atoms with Gasteiger partial charge >= 0.3 is 0 Å². The van der Waals surface area contributed by atoms with Gasteiger partial charge in [0.15, 0.2) is 5.96 Å². The zero-order chi connectivity index (χ0) is 13.0. The molecule has 0 saturated carbocycles. The van der Waals surface area contributed by atoms with Crippen LogP contribution >= 0.6 is 24.0 Å². The van der Waals surface area contributed by atoms with Crippen LogP contribution < -0.4 is 11.5 Å². The summed E-state index contributed by atoms with van der Waals surface area (Å²) in [4.78, 5) is 4.13. The van der Waals surface area contributed by atoms with Crippen molar-refractivity contribution in [1.29, 1.82) is 0 Å². The van der Waals surface area contributed by atoms with E-state index in [0.717, 1.165) is 19.4 Å². The Hall–Kier alpha value is -0.820. The fourth-order valence-electron chi connectivity index (χ4n) is 2.38. The predicted molar refractivity (Wildman–Crippen MR) is 88.7 cm³/mol. The maximum Gasteiger partial charge on any atom is 0.185 e. The standard InChI is InChI=1S/C14H21N3O.HI/c1-10-4-6-11(7-5-10)13-12(3-2-8-18-13)9-17-14(15)16;/h4-7,12-13H,2-3,8-9H2,1H3,(H4,15,16,17);1H. The van der Waals surface area contributed by atoms with E-state index in [4.69, 9.17) is 16.2 Å². The molecule has 5 heteroatoms. The van der Waals surface area contributed by atoms with Gasteiger partial charge in [0.2, 0.25) is 0 Å². The first-order valence-corrected chi connectivity index (χ1v) is 6.40. The van der Waals surface area contributed by atoms with E-state index >= 15 is 0 Å². The smallest absolute Gasteiger partial charge is 0.185 e. The molecule has 0 bridgehead atoms. The molecule has 1 saturated heterocycles. The molecule has 0 amide bonds. The fraction of sp³-hybridized carbons (Fsp3) is 0.500. The highest BCUT2D eigenvalue weighted by molar-refractivity contribution is 14.0. The minimum Gasteiger partial charge on any atom is -0.373 e. The van der Waals surface area contributed by atoms with Gasteiger partial charge in [-0.05, 0) is 25.3 Å². The molecule has 2 unspecified atom stereocenters. The molecule has 0 aromatic heterocycles. The van der Waals surface area contributed by atoms with Crippen LogP contribution in [0.3, 0.4) is 0 Å². The van der Waals surface area contributed by atoms with Crippen molar-refractivity contribution in [1.82, 2.24) is 0 Å². The number of guanidine groups is 1. The summed E-state index contributed by atoms with van der Waals surface area (Å²) in [5, 5.41) is 0. The van der Waals surface area contributed by atoms with Crippen molar-refractivity contribution >= 4 is 29.9 Å². The molecule has 106 valence electrons. The van der Waals surface area contributed by atoms with Gasteiger partial charge in [-0.1, -0.05) is 29.8 Å². The third-order valence-corrected chi connectivity index (χ3v) is 3.36. The number of nitrogens with two attached hydrogens (primary N) is 2. The Bertz CT molecular complexity index is 415. The number of hydrogen-bond donors (Lipinski definition) is 2. The molecule has 1 aromatic carbocycles. The molecule has 0 spiro atoms. The van der Waals surface area contributed by atoms with Gasteiger partial charge in [0.25, 0.3) is 0 Å². The molecule has 1 heterocycles. The summed E-state index contributed by atoms with van der Waals surface area (Å²) >= 11 is 0. The van der Waals surface area contributed by atoms with E-state index < -0.39 is 0 Å². The zero-order valence-electron chi connectivity index (χ0n) is 11.2. The highest BCUT2D eigenvalue weighted by Crippen LogP contribution is 2.33. The van der Waals surface area contributed by atoms with Crippen molar-refractivity contribution in [3.8, 4) is 0 Å². The monoisotopic (exact) mass is 375 g/mol. The molecule has 0 aliphatic carbocycles. The summed E-state index contributed by atoms with van der Waals surface area (Å²) in [5.41, 5.74) is 13.3. The maximum atomic E-state index is 5.90. The van der Waals surface area contributed by atoms with E-state index in [0.29, 0.717) is 12.5 Å². The number of aryl methyl sites for hydroxylation is 1. The third kappa shape index (κ3) is 4.65. The first kappa shape index (κ1) is 16.2. The molecule has 1 aromatic rings. The first-order valence-electron chi connectivity index (χ1n) is 6.40.